The summed E-state index contributed by atoms with van der Waals surface area (Å²) in [5.74, 6) is 0. The number of fused-ring (bicyclic) bond motifs is 6. The Morgan fingerprint density at radius 3 is 1.62 bits per heavy atom. The van der Waals surface area contributed by atoms with E-state index < -0.39 is 0 Å². The van der Waals surface area contributed by atoms with E-state index in [4.69, 9.17) is 9.47 Å². The zero-order valence-electron chi connectivity index (χ0n) is 31.3. The van der Waals surface area contributed by atoms with Gasteiger partial charge < -0.3 is 14.4 Å². The van der Waals surface area contributed by atoms with E-state index in [9.17, 15) is 0 Å². The highest BCUT2D eigenvalue weighted by molar-refractivity contribution is 5.88. The van der Waals surface area contributed by atoms with Crippen LogP contribution in [0.4, 0.5) is 17.1 Å². The number of anilines is 3. The van der Waals surface area contributed by atoms with Gasteiger partial charge in [0.25, 0.3) is 0 Å². The third-order valence-corrected chi connectivity index (χ3v) is 11.4. The summed E-state index contributed by atoms with van der Waals surface area (Å²) in [5, 5.41) is 0. The maximum Gasteiger partial charge on any atom is 0.0644 e. The number of nitrogens with zero attached hydrogens (tertiary/aromatic N) is 1. The second-order valence-electron chi connectivity index (χ2n) is 15.1. The van der Waals surface area contributed by atoms with Crippen LogP contribution in [0, 0.1) is 6.92 Å². The van der Waals surface area contributed by atoms with Gasteiger partial charge in [-0.2, -0.15) is 0 Å². The molecule has 0 atom stereocenters. The van der Waals surface area contributed by atoms with E-state index in [1.165, 1.54) is 67.1 Å². The molecule has 52 heavy (non-hydrogen) atoms. The van der Waals surface area contributed by atoms with Crippen molar-refractivity contribution in [2.75, 3.05) is 31.3 Å². The molecule has 0 aliphatic heterocycles. The maximum atomic E-state index is 5.83. The minimum atomic E-state index is -0.0979. The highest BCUT2D eigenvalue weighted by atomic mass is 16.5. The van der Waals surface area contributed by atoms with Crippen LogP contribution in [0.25, 0.3) is 22.3 Å². The van der Waals surface area contributed by atoms with Crippen LogP contribution in [0.3, 0.4) is 0 Å². The molecule has 2 aliphatic rings. The van der Waals surface area contributed by atoms with Crippen LogP contribution in [-0.2, 0) is 20.3 Å². The van der Waals surface area contributed by atoms with Crippen molar-refractivity contribution in [1.82, 2.24) is 0 Å². The Hall–Kier alpha value is -4.70. The van der Waals surface area contributed by atoms with Gasteiger partial charge in [0.05, 0.1) is 13.2 Å². The van der Waals surface area contributed by atoms with Gasteiger partial charge in [-0.15, -0.1) is 13.2 Å². The summed E-state index contributed by atoms with van der Waals surface area (Å²) in [5.41, 5.74) is 15.7. The molecule has 0 saturated carbocycles. The highest BCUT2D eigenvalue weighted by Gasteiger charge is 2.43. The smallest absolute Gasteiger partial charge is 0.0644 e. The molecule has 266 valence electrons. The molecule has 3 nitrogen and oxygen atoms in total. The first-order chi connectivity index (χ1) is 25.4. The lowest BCUT2D eigenvalue weighted by Crippen LogP contribution is -2.26. The van der Waals surface area contributed by atoms with Gasteiger partial charge in [0.2, 0.25) is 0 Å². The largest absolute Gasteiger partial charge is 0.377 e. The second kappa shape index (κ2) is 15.5. The van der Waals surface area contributed by atoms with E-state index in [2.05, 4.69) is 148 Å². The summed E-state index contributed by atoms with van der Waals surface area (Å²) in [4.78, 5) is 2.47. The first-order valence-electron chi connectivity index (χ1n) is 19.1. The predicted molar refractivity (Wildman–Crippen MR) is 219 cm³/mol. The zero-order valence-corrected chi connectivity index (χ0v) is 31.3. The molecular weight excluding hydrogens is 635 g/mol. The van der Waals surface area contributed by atoms with Crippen molar-refractivity contribution in [3.8, 4) is 22.3 Å². The van der Waals surface area contributed by atoms with Gasteiger partial charge in [-0.3, -0.25) is 0 Å². The monoisotopic (exact) mass is 687 g/mol. The standard InChI is InChI=1S/C49H53NO2/c1-6-30-51-32-14-12-28-49(29-13-15-33-52-31-7-2)45-19-11-9-17-41(45)43-27-25-39(35-47(43)49)50(37-22-20-36(3)21-23-37)38-24-26-42-40-16-8-10-18-44(40)48(4,5)46(42)34-38/h6-11,16-27,34-35H,1-2,12-15,28-33H2,3-5H3. The number of aryl methyl sites for hydroxylation is 1. The van der Waals surface area contributed by atoms with Gasteiger partial charge >= 0.3 is 0 Å². The quantitative estimate of drug-likeness (QED) is 0.0717. The van der Waals surface area contributed by atoms with Crippen molar-refractivity contribution in [2.24, 2.45) is 0 Å². The molecule has 0 spiro atoms. The molecule has 0 N–H and O–H groups in total. The minimum absolute atomic E-state index is 0.0829. The Morgan fingerprint density at radius 1 is 0.538 bits per heavy atom. The topological polar surface area (TPSA) is 21.7 Å². The normalized spacial score (nSPS) is 14.3. The van der Waals surface area contributed by atoms with Crippen LogP contribution in [0.1, 0.15) is 80.2 Å². The molecule has 0 radical (unpaired) electrons. The average molecular weight is 688 g/mol. The van der Waals surface area contributed by atoms with E-state index in [-0.39, 0.29) is 10.8 Å². The molecule has 2 aliphatic carbocycles. The lowest BCUT2D eigenvalue weighted by atomic mass is 9.70. The lowest BCUT2D eigenvalue weighted by Gasteiger charge is -2.34. The molecule has 0 bridgehead atoms. The third-order valence-electron chi connectivity index (χ3n) is 11.4. The van der Waals surface area contributed by atoms with Crippen LogP contribution in [0.5, 0.6) is 0 Å². The first-order valence-corrected chi connectivity index (χ1v) is 19.1. The fourth-order valence-corrected chi connectivity index (χ4v) is 8.81. The van der Waals surface area contributed by atoms with E-state index >= 15 is 0 Å². The van der Waals surface area contributed by atoms with Crippen molar-refractivity contribution < 1.29 is 9.47 Å². The first kappa shape index (κ1) is 35.7. The van der Waals surface area contributed by atoms with Crippen molar-refractivity contribution >= 4 is 17.1 Å². The molecule has 5 aromatic rings. The molecule has 0 unspecified atom stereocenters. The maximum absolute atomic E-state index is 5.83. The van der Waals surface area contributed by atoms with E-state index in [1.54, 1.807) is 0 Å². The number of ether oxygens (including phenoxy) is 2. The van der Waals surface area contributed by atoms with Crippen LogP contribution >= 0.6 is 0 Å². The molecular formula is C49H53NO2. The number of hydrogen-bond donors (Lipinski definition) is 0. The molecule has 0 aromatic heterocycles. The number of benzene rings is 5. The van der Waals surface area contributed by atoms with Gasteiger partial charge in [-0.25, -0.2) is 0 Å². The van der Waals surface area contributed by atoms with Crippen molar-refractivity contribution in [2.45, 2.75) is 70.1 Å². The number of unbranched alkanes of at least 4 members (excludes halogenated alkanes) is 2. The fraction of sp³-hybridized carbons (Fsp3) is 0.306. The number of hydrogen-bond acceptors (Lipinski definition) is 3. The van der Waals surface area contributed by atoms with Gasteiger partial charge in [-0.05, 0) is 126 Å². The summed E-state index contributed by atoms with van der Waals surface area (Å²) >= 11 is 0. The Kier molecular flexibility index (Phi) is 10.6. The Labute approximate surface area is 311 Å². The van der Waals surface area contributed by atoms with Gasteiger partial charge in [0, 0.05) is 41.1 Å². The summed E-state index contributed by atoms with van der Waals surface area (Å²) in [6.45, 7) is 17.3. The van der Waals surface area contributed by atoms with E-state index in [1.807, 2.05) is 12.2 Å². The summed E-state index contributed by atoms with van der Waals surface area (Å²) in [6.07, 6.45) is 10.0. The lowest BCUT2D eigenvalue weighted by molar-refractivity contribution is 0.152. The van der Waals surface area contributed by atoms with Gasteiger partial charge in [0.15, 0.2) is 0 Å². The van der Waals surface area contributed by atoms with Crippen molar-refractivity contribution in [1.29, 1.82) is 0 Å². The SMILES string of the molecule is C=CCOCCCCC1(CCCCOCC=C)c2ccccc2-c2ccc(N(c3ccc(C)cc3)c3ccc4c(c3)C(C)(C)c3ccccc3-4)cc21. The molecule has 0 saturated heterocycles. The number of rotatable bonds is 17. The second-order valence-corrected chi connectivity index (χ2v) is 15.1. The Balaban J connectivity index is 1.33. The Morgan fingerprint density at radius 2 is 1.02 bits per heavy atom. The molecule has 0 heterocycles. The third kappa shape index (κ3) is 6.69. The van der Waals surface area contributed by atoms with E-state index in [0.29, 0.717) is 13.2 Å². The van der Waals surface area contributed by atoms with Crippen LogP contribution in [0.15, 0.2) is 135 Å². The summed E-state index contributed by atoms with van der Waals surface area (Å²) in [7, 11) is 0. The molecule has 7 rings (SSSR count). The minimum Gasteiger partial charge on any atom is -0.377 e. The molecule has 0 fully saturated rings. The molecule has 0 amide bonds. The molecule has 3 heteroatoms. The fourth-order valence-electron chi connectivity index (χ4n) is 8.81. The molecule has 5 aromatic carbocycles. The van der Waals surface area contributed by atoms with Crippen molar-refractivity contribution in [3.05, 3.63) is 162 Å². The predicted octanol–water partition coefficient (Wildman–Crippen LogP) is 12.8. The summed E-state index contributed by atoms with van der Waals surface area (Å²) < 4.78 is 11.7. The van der Waals surface area contributed by atoms with Crippen LogP contribution < -0.4 is 4.90 Å². The highest BCUT2D eigenvalue weighted by Crippen LogP contribution is 2.56. The van der Waals surface area contributed by atoms with Crippen LogP contribution in [0.2, 0.25) is 0 Å². The van der Waals surface area contributed by atoms with Gasteiger partial charge in [-0.1, -0.05) is 104 Å². The van der Waals surface area contributed by atoms with E-state index in [0.717, 1.165) is 51.7 Å². The Bertz CT molecular complexity index is 2020. The zero-order chi connectivity index (χ0) is 36.1. The van der Waals surface area contributed by atoms with Crippen LogP contribution in [-0.4, -0.2) is 26.4 Å². The van der Waals surface area contributed by atoms with Gasteiger partial charge in [0.1, 0.15) is 0 Å². The average Bonchev–Trinajstić information content (AvgIpc) is 3.57. The summed E-state index contributed by atoms with van der Waals surface area (Å²) in [6, 6.07) is 41.4. The van der Waals surface area contributed by atoms with Crippen molar-refractivity contribution in [3.63, 3.8) is 0 Å².